The van der Waals surface area contributed by atoms with Crippen molar-refractivity contribution in [2.24, 2.45) is 0 Å². The normalized spacial score (nSPS) is 12.6. The van der Waals surface area contributed by atoms with E-state index in [4.69, 9.17) is 4.74 Å². The van der Waals surface area contributed by atoms with Gasteiger partial charge in [0.1, 0.15) is 11.5 Å². The molecule has 0 unspecified atom stereocenters. The van der Waals surface area contributed by atoms with Crippen LogP contribution < -0.4 is 4.74 Å². The smallest absolute Gasteiger partial charge is 0.416 e. The summed E-state index contributed by atoms with van der Waals surface area (Å²) < 4.78 is 90.9. The van der Waals surface area contributed by atoms with Crippen molar-refractivity contribution in [3.8, 4) is 5.75 Å². The Morgan fingerprint density at radius 3 is 2.31 bits per heavy atom. The van der Waals surface area contributed by atoms with Crippen molar-refractivity contribution in [3.63, 3.8) is 0 Å². The Hall–Kier alpha value is -3.96. The largest absolute Gasteiger partial charge is 0.507 e. The molecule has 12 heteroatoms. The predicted octanol–water partition coefficient (Wildman–Crippen LogP) is 5.77. The van der Waals surface area contributed by atoms with Gasteiger partial charge in [-0.05, 0) is 42.8 Å². The van der Waals surface area contributed by atoms with Crippen molar-refractivity contribution in [1.82, 2.24) is 4.57 Å². The van der Waals surface area contributed by atoms with E-state index < -0.39 is 53.1 Å². The van der Waals surface area contributed by atoms with Gasteiger partial charge in [-0.3, -0.25) is 4.79 Å². The van der Waals surface area contributed by atoms with Crippen LogP contribution in [-0.2, 0) is 33.2 Å². The summed E-state index contributed by atoms with van der Waals surface area (Å²) in [5.74, 6) is -2.74. The molecule has 0 saturated heterocycles. The standard InChI is InChI=1S/C24H19F6NO5/c1-3-36-22(34)21(33)10-20(32)17-12-31(19-7-6-15(35-2)9-16(17)19)11-13-4-5-14(23(25,26)27)8-18(13)24(28,29)30/h4-10,12,32H,3,11H2,1-2H3. The van der Waals surface area contributed by atoms with Gasteiger partial charge in [-0.15, -0.1) is 0 Å². The number of ketones is 1. The molecule has 1 aromatic heterocycles. The van der Waals surface area contributed by atoms with Gasteiger partial charge in [0.05, 0.1) is 24.8 Å². The molecular formula is C24H19F6NO5. The topological polar surface area (TPSA) is 77.8 Å². The zero-order valence-electron chi connectivity index (χ0n) is 18.8. The monoisotopic (exact) mass is 515 g/mol. The molecule has 0 fully saturated rings. The van der Waals surface area contributed by atoms with E-state index in [1.807, 2.05) is 0 Å². The number of alkyl halides is 6. The van der Waals surface area contributed by atoms with Crippen molar-refractivity contribution < 1.29 is 50.5 Å². The van der Waals surface area contributed by atoms with Gasteiger partial charge in [-0.25, -0.2) is 4.79 Å². The predicted molar refractivity (Wildman–Crippen MR) is 116 cm³/mol. The minimum Gasteiger partial charge on any atom is -0.507 e. The number of methoxy groups -OCH3 is 1. The van der Waals surface area contributed by atoms with Gasteiger partial charge in [0.15, 0.2) is 0 Å². The number of nitrogens with zero attached hydrogens (tertiary/aromatic N) is 1. The van der Waals surface area contributed by atoms with Crippen LogP contribution in [0, 0.1) is 0 Å². The van der Waals surface area contributed by atoms with E-state index in [9.17, 15) is 41.0 Å². The molecule has 0 radical (unpaired) electrons. The highest BCUT2D eigenvalue weighted by Gasteiger charge is 2.38. The van der Waals surface area contributed by atoms with E-state index in [0.717, 1.165) is 6.07 Å². The van der Waals surface area contributed by atoms with Gasteiger partial charge >= 0.3 is 18.3 Å². The van der Waals surface area contributed by atoms with E-state index in [-0.39, 0.29) is 29.1 Å². The van der Waals surface area contributed by atoms with Crippen LogP contribution in [0.1, 0.15) is 29.2 Å². The highest BCUT2D eigenvalue weighted by atomic mass is 19.4. The lowest BCUT2D eigenvalue weighted by Gasteiger charge is -2.17. The molecule has 0 aliphatic heterocycles. The maximum Gasteiger partial charge on any atom is 0.416 e. The zero-order valence-corrected chi connectivity index (χ0v) is 18.8. The highest BCUT2D eigenvalue weighted by Crippen LogP contribution is 2.38. The number of benzene rings is 2. The number of aliphatic hydroxyl groups is 1. The molecule has 0 aliphatic carbocycles. The zero-order chi connectivity index (χ0) is 26.8. The van der Waals surface area contributed by atoms with Crippen LogP contribution >= 0.6 is 0 Å². The van der Waals surface area contributed by atoms with Crippen LogP contribution in [0.2, 0.25) is 0 Å². The molecule has 3 rings (SSSR count). The van der Waals surface area contributed by atoms with Crippen molar-refractivity contribution in [1.29, 1.82) is 0 Å². The fraction of sp³-hybridized carbons (Fsp3) is 0.250. The number of carbonyl (C=O) groups is 2. The lowest BCUT2D eigenvalue weighted by Crippen LogP contribution is -2.15. The molecule has 3 aromatic rings. The van der Waals surface area contributed by atoms with E-state index >= 15 is 0 Å². The maximum atomic E-state index is 13.6. The van der Waals surface area contributed by atoms with Crippen LogP contribution in [0.5, 0.6) is 5.75 Å². The number of carbonyl (C=O) groups excluding carboxylic acids is 2. The second kappa shape index (κ2) is 9.96. The lowest BCUT2D eigenvalue weighted by molar-refractivity contribution is -0.151. The Bertz CT molecular complexity index is 1340. The first-order valence-electron chi connectivity index (χ1n) is 10.3. The van der Waals surface area contributed by atoms with E-state index in [1.165, 1.54) is 43.0 Å². The maximum absolute atomic E-state index is 13.6. The first-order valence-corrected chi connectivity index (χ1v) is 10.3. The van der Waals surface area contributed by atoms with Gasteiger partial charge in [-0.1, -0.05) is 6.07 Å². The van der Waals surface area contributed by atoms with Gasteiger partial charge in [0.25, 0.3) is 5.78 Å². The third-order valence-corrected chi connectivity index (χ3v) is 5.19. The molecule has 1 heterocycles. The van der Waals surface area contributed by atoms with Crippen LogP contribution in [0.3, 0.4) is 0 Å². The Labute approximate surface area is 200 Å². The number of hydrogen-bond acceptors (Lipinski definition) is 5. The summed E-state index contributed by atoms with van der Waals surface area (Å²) in [6.07, 6.45) is -8.22. The number of halogens is 6. The number of hydrogen-bond donors (Lipinski definition) is 1. The molecule has 0 spiro atoms. The molecule has 0 atom stereocenters. The average molecular weight is 515 g/mol. The number of fused-ring (bicyclic) bond motifs is 1. The summed E-state index contributed by atoms with van der Waals surface area (Å²) >= 11 is 0. The second-order valence-corrected chi connectivity index (χ2v) is 7.54. The quantitative estimate of drug-likeness (QED) is 0.142. The van der Waals surface area contributed by atoms with E-state index in [0.29, 0.717) is 17.9 Å². The fourth-order valence-corrected chi connectivity index (χ4v) is 3.54. The molecule has 1 N–H and O–H groups in total. The van der Waals surface area contributed by atoms with Gasteiger partial charge < -0.3 is 19.1 Å². The van der Waals surface area contributed by atoms with Crippen LogP contribution in [0.25, 0.3) is 16.7 Å². The van der Waals surface area contributed by atoms with Crippen LogP contribution in [0.15, 0.2) is 48.7 Å². The summed E-state index contributed by atoms with van der Waals surface area (Å²) in [6.45, 7) is 0.879. The van der Waals surface area contributed by atoms with Crippen molar-refractivity contribution in [2.75, 3.05) is 13.7 Å². The van der Waals surface area contributed by atoms with E-state index in [1.54, 1.807) is 0 Å². The Morgan fingerprint density at radius 2 is 1.72 bits per heavy atom. The molecule has 0 bridgehead atoms. The molecule has 192 valence electrons. The number of rotatable bonds is 7. The highest BCUT2D eigenvalue weighted by molar-refractivity contribution is 6.39. The van der Waals surface area contributed by atoms with E-state index in [2.05, 4.69) is 4.74 Å². The Balaban J connectivity index is 2.14. The first-order chi connectivity index (χ1) is 16.8. The minimum absolute atomic E-state index is 0.0259. The molecule has 6 nitrogen and oxygen atoms in total. The van der Waals surface area contributed by atoms with Gasteiger partial charge in [-0.2, -0.15) is 26.3 Å². The molecular weight excluding hydrogens is 496 g/mol. The third-order valence-electron chi connectivity index (χ3n) is 5.19. The Kier molecular flexibility index (Phi) is 7.37. The van der Waals surface area contributed by atoms with Crippen LogP contribution in [-0.4, -0.2) is 35.1 Å². The number of aromatic nitrogens is 1. The van der Waals surface area contributed by atoms with Gasteiger partial charge in [0, 0.05) is 35.3 Å². The summed E-state index contributed by atoms with van der Waals surface area (Å²) in [5.41, 5.74) is -3.11. The summed E-state index contributed by atoms with van der Waals surface area (Å²) in [6, 6.07) is 5.73. The SMILES string of the molecule is CCOC(=O)C(=O)C=C(O)c1cn(Cc2ccc(C(F)(F)F)cc2C(F)(F)F)c2ccc(OC)cc12. The summed E-state index contributed by atoms with van der Waals surface area (Å²) in [5, 5.41) is 10.8. The molecule has 0 aliphatic rings. The van der Waals surface area contributed by atoms with Crippen molar-refractivity contribution in [3.05, 3.63) is 70.9 Å². The molecule has 0 amide bonds. The molecule has 36 heavy (non-hydrogen) atoms. The second-order valence-electron chi connectivity index (χ2n) is 7.54. The lowest BCUT2D eigenvalue weighted by atomic mass is 10.0. The van der Waals surface area contributed by atoms with Crippen LogP contribution in [0.4, 0.5) is 26.3 Å². The fourth-order valence-electron chi connectivity index (χ4n) is 3.54. The number of aliphatic hydroxyl groups excluding tert-OH is 1. The number of esters is 1. The summed E-state index contributed by atoms with van der Waals surface area (Å²) in [7, 11) is 1.36. The van der Waals surface area contributed by atoms with Crippen molar-refractivity contribution in [2.45, 2.75) is 25.8 Å². The van der Waals surface area contributed by atoms with Crippen molar-refractivity contribution >= 4 is 28.4 Å². The Morgan fingerprint density at radius 1 is 1.03 bits per heavy atom. The average Bonchev–Trinajstić information content (AvgIpc) is 3.15. The number of ether oxygens (including phenoxy) is 2. The molecule has 0 saturated carbocycles. The first kappa shape index (κ1) is 26.6. The third kappa shape index (κ3) is 5.64. The minimum atomic E-state index is -5.07. The summed E-state index contributed by atoms with van der Waals surface area (Å²) in [4.78, 5) is 23.6. The molecule has 2 aromatic carbocycles. The van der Waals surface area contributed by atoms with Gasteiger partial charge in [0.2, 0.25) is 0 Å².